The molecule has 2 aliphatic rings. The molecule has 0 fully saturated rings. The number of nitrogens with one attached hydrogen (secondary N) is 2. The molecule has 4 rings (SSSR count). The molecule has 25 heavy (non-hydrogen) atoms. The van der Waals surface area contributed by atoms with Crippen LogP contribution in [0.5, 0.6) is 0 Å². The van der Waals surface area contributed by atoms with E-state index < -0.39 is 10.0 Å². The van der Waals surface area contributed by atoms with Crippen LogP contribution in [0.1, 0.15) is 22.7 Å². The Kier molecular flexibility index (Phi) is 4.27. The lowest BCUT2D eigenvalue weighted by Crippen LogP contribution is -2.38. The molecule has 1 unspecified atom stereocenters. The van der Waals surface area contributed by atoms with E-state index in [1.54, 1.807) is 12.1 Å². The molecule has 0 saturated carbocycles. The minimum absolute atomic E-state index is 0.0109. The van der Waals surface area contributed by atoms with Crippen molar-refractivity contribution in [3.63, 3.8) is 0 Å². The molecule has 132 valence electrons. The second-order valence-electron chi connectivity index (χ2n) is 6.77. The molecule has 1 atom stereocenters. The van der Waals surface area contributed by atoms with E-state index >= 15 is 0 Å². The normalized spacial score (nSPS) is 19.6. The fourth-order valence-electron chi connectivity index (χ4n) is 3.74. The first-order valence-electron chi connectivity index (χ1n) is 8.69. The minimum atomic E-state index is -3.52. The molecule has 0 spiro atoms. The summed E-state index contributed by atoms with van der Waals surface area (Å²) in [5.74, 6) is 0. The number of hydrogen-bond acceptors (Lipinski definition) is 4. The lowest BCUT2D eigenvalue weighted by molar-refractivity contribution is 0.491. The molecule has 0 aromatic heterocycles. The van der Waals surface area contributed by atoms with Crippen molar-refractivity contribution in [1.29, 1.82) is 0 Å². The Hall–Kier alpha value is -1.89. The van der Waals surface area contributed by atoms with E-state index in [9.17, 15) is 8.42 Å². The van der Waals surface area contributed by atoms with Gasteiger partial charge in [0.15, 0.2) is 0 Å². The van der Waals surface area contributed by atoms with Crippen LogP contribution in [0.2, 0.25) is 0 Å². The average Bonchev–Trinajstić information content (AvgIpc) is 3.00. The summed E-state index contributed by atoms with van der Waals surface area (Å²) in [6.45, 7) is 2.16. The molecule has 0 saturated heterocycles. The molecule has 0 bridgehead atoms. The zero-order valence-corrected chi connectivity index (χ0v) is 15.1. The summed E-state index contributed by atoms with van der Waals surface area (Å²) >= 11 is 0. The smallest absolute Gasteiger partial charge is 0.240 e. The topological polar surface area (TPSA) is 61.4 Å². The van der Waals surface area contributed by atoms with Crippen LogP contribution in [0, 0.1) is 0 Å². The fourth-order valence-corrected chi connectivity index (χ4v) is 4.80. The quantitative estimate of drug-likeness (QED) is 0.877. The van der Waals surface area contributed by atoms with Crippen molar-refractivity contribution < 1.29 is 8.42 Å². The van der Waals surface area contributed by atoms with Crippen LogP contribution in [-0.4, -0.2) is 35.1 Å². The number of nitrogens with zero attached hydrogens (tertiary/aromatic N) is 1. The van der Waals surface area contributed by atoms with Crippen molar-refractivity contribution in [2.75, 3.05) is 31.6 Å². The van der Waals surface area contributed by atoms with Gasteiger partial charge >= 0.3 is 0 Å². The second-order valence-corrected chi connectivity index (χ2v) is 8.54. The van der Waals surface area contributed by atoms with Gasteiger partial charge in [-0.15, -0.1) is 0 Å². The minimum Gasteiger partial charge on any atom is -0.374 e. The van der Waals surface area contributed by atoms with Crippen LogP contribution in [0.4, 0.5) is 5.69 Å². The Morgan fingerprint density at radius 3 is 2.88 bits per heavy atom. The van der Waals surface area contributed by atoms with Crippen LogP contribution in [0.15, 0.2) is 47.4 Å². The van der Waals surface area contributed by atoms with Gasteiger partial charge in [0.1, 0.15) is 0 Å². The van der Waals surface area contributed by atoms with Crippen LogP contribution in [0.3, 0.4) is 0 Å². The van der Waals surface area contributed by atoms with Crippen molar-refractivity contribution >= 4 is 15.7 Å². The van der Waals surface area contributed by atoms with Crippen molar-refractivity contribution in [3.8, 4) is 0 Å². The number of hydrogen-bond donors (Lipinski definition) is 2. The van der Waals surface area contributed by atoms with E-state index in [0.29, 0.717) is 11.4 Å². The molecule has 0 radical (unpaired) electrons. The zero-order chi connectivity index (χ0) is 17.4. The average molecular weight is 357 g/mol. The molecule has 0 amide bonds. The number of rotatable bonds is 4. The first-order valence-corrected chi connectivity index (χ1v) is 10.2. The lowest BCUT2D eigenvalue weighted by atomic mass is 9.95. The molecule has 0 aliphatic carbocycles. The summed E-state index contributed by atoms with van der Waals surface area (Å²) < 4.78 is 28.3. The van der Waals surface area contributed by atoms with Crippen LogP contribution < -0.4 is 14.9 Å². The molecule has 6 heteroatoms. The second kappa shape index (κ2) is 6.44. The van der Waals surface area contributed by atoms with E-state index in [2.05, 4.69) is 27.1 Å². The number of benzene rings is 2. The first kappa shape index (κ1) is 16.6. The fraction of sp³-hybridized carbons (Fsp3) is 0.368. The summed E-state index contributed by atoms with van der Waals surface area (Å²) in [5, 5.41) is 3.41. The third-order valence-corrected chi connectivity index (χ3v) is 6.61. The maximum Gasteiger partial charge on any atom is 0.240 e. The monoisotopic (exact) mass is 357 g/mol. The van der Waals surface area contributed by atoms with Gasteiger partial charge in [0.05, 0.1) is 4.90 Å². The zero-order valence-electron chi connectivity index (χ0n) is 14.3. The largest absolute Gasteiger partial charge is 0.374 e. The summed E-state index contributed by atoms with van der Waals surface area (Å²) in [6.07, 6.45) is 1.96. The molecule has 5 nitrogen and oxygen atoms in total. The molecule has 2 N–H and O–H groups in total. The van der Waals surface area contributed by atoms with Gasteiger partial charge in [-0.1, -0.05) is 30.3 Å². The highest BCUT2D eigenvalue weighted by molar-refractivity contribution is 7.89. The SMILES string of the molecule is CN1CCc2ccc(S(=O)(=O)NCC3NCCc4ccccc43)cc21. The lowest BCUT2D eigenvalue weighted by Gasteiger charge is -2.27. The maximum absolute atomic E-state index is 12.7. The highest BCUT2D eigenvalue weighted by atomic mass is 32.2. The van der Waals surface area contributed by atoms with Crippen molar-refractivity contribution in [1.82, 2.24) is 10.0 Å². The Balaban J connectivity index is 1.53. The van der Waals surface area contributed by atoms with E-state index in [4.69, 9.17) is 0 Å². The Morgan fingerprint density at radius 1 is 1.16 bits per heavy atom. The van der Waals surface area contributed by atoms with Gasteiger partial charge in [-0.2, -0.15) is 0 Å². The predicted octanol–water partition coefficient (Wildman–Crippen LogP) is 1.84. The van der Waals surface area contributed by atoms with Gasteiger partial charge in [0.25, 0.3) is 0 Å². The standard InChI is InChI=1S/C19H23N3O2S/c1-22-11-9-15-6-7-16(12-19(15)22)25(23,24)21-13-18-17-5-3-2-4-14(17)8-10-20-18/h2-7,12,18,20-21H,8-11,13H2,1H3. The Labute approximate surface area is 149 Å². The van der Waals surface area contributed by atoms with E-state index in [-0.39, 0.29) is 6.04 Å². The highest BCUT2D eigenvalue weighted by Gasteiger charge is 2.24. The number of anilines is 1. The van der Waals surface area contributed by atoms with Crippen LogP contribution in [-0.2, 0) is 22.9 Å². The van der Waals surface area contributed by atoms with Crippen molar-refractivity contribution in [3.05, 3.63) is 59.2 Å². The van der Waals surface area contributed by atoms with Gasteiger partial charge in [0, 0.05) is 31.9 Å². The van der Waals surface area contributed by atoms with Crippen molar-refractivity contribution in [2.45, 2.75) is 23.8 Å². The number of likely N-dealkylation sites (N-methyl/N-ethyl adjacent to an activating group) is 1. The molecular formula is C19H23N3O2S. The van der Waals surface area contributed by atoms with Gasteiger partial charge in [-0.3, -0.25) is 0 Å². The molecule has 2 heterocycles. The Bertz CT molecular complexity index is 895. The summed E-state index contributed by atoms with van der Waals surface area (Å²) in [5.41, 5.74) is 4.71. The number of fused-ring (bicyclic) bond motifs is 2. The van der Waals surface area contributed by atoms with Crippen LogP contribution >= 0.6 is 0 Å². The predicted molar refractivity (Wildman–Crippen MR) is 99.5 cm³/mol. The van der Waals surface area contributed by atoms with Gasteiger partial charge in [-0.05, 0) is 48.2 Å². The van der Waals surface area contributed by atoms with Crippen molar-refractivity contribution in [2.24, 2.45) is 0 Å². The van der Waals surface area contributed by atoms with E-state index in [1.165, 1.54) is 16.7 Å². The highest BCUT2D eigenvalue weighted by Crippen LogP contribution is 2.29. The summed E-state index contributed by atoms with van der Waals surface area (Å²) in [7, 11) is -1.53. The first-order chi connectivity index (χ1) is 12.0. The molecule has 2 aromatic carbocycles. The summed E-state index contributed by atoms with van der Waals surface area (Å²) in [6, 6.07) is 13.7. The van der Waals surface area contributed by atoms with Gasteiger partial charge < -0.3 is 10.2 Å². The van der Waals surface area contributed by atoms with Gasteiger partial charge in [-0.25, -0.2) is 13.1 Å². The number of sulfonamides is 1. The van der Waals surface area contributed by atoms with Gasteiger partial charge in [0.2, 0.25) is 10.0 Å². The van der Waals surface area contributed by atoms with Crippen LogP contribution in [0.25, 0.3) is 0 Å². The van der Waals surface area contributed by atoms with E-state index in [1.807, 2.05) is 25.2 Å². The molecule has 2 aromatic rings. The third-order valence-electron chi connectivity index (χ3n) is 5.19. The molecule has 2 aliphatic heterocycles. The molecular weight excluding hydrogens is 334 g/mol. The maximum atomic E-state index is 12.7. The Morgan fingerprint density at radius 2 is 2.00 bits per heavy atom. The summed E-state index contributed by atoms with van der Waals surface area (Å²) in [4.78, 5) is 2.44. The van der Waals surface area contributed by atoms with E-state index in [0.717, 1.165) is 31.6 Å². The third kappa shape index (κ3) is 3.17.